The fourth-order valence-electron chi connectivity index (χ4n) is 4.73. The fourth-order valence-corrected chi connectivity index (χ4v) is 4.73. The van der Waals surface area contributed by atoms with E-state index in [1.54, 1.807) is 13.4 Å². The van der Waals surface area contributed by atoms with Crippen LogP contribution in [-0.4, -0.2) is 52.7 Å². The average molecular weight is 456 g/mol. The zero-order chi connectivity index (χ0) is 23.3. The lowest BCUT2D eigenvalue weighted by atomic mass is 10.0. The van der Waals surface area contributed by atoms with Crippen molar-refractivity contribution in [3.8, 4) is 5.75 Å². The van der Waals surface area contributed by atoms with Gasteiger partial charge in [-0.25, -0.2) is 9.97 Å². The lowest BCUT2D eigenvalue weighted by Gasteiger charge is -2.34. The van der Waals surface area contributed by atoms with Crippen LogP contribution in [0, 0.1) is 0 Å². The molecular formula is C27H29N5O2. The molecule has 0 aliphatic carbocycles. The number of fused-ring (bicyclic) bond motifs is 1. The van der Waals surface area contributed by atoms with E-state index in [0.717, 1.165) is 61.8 Å². The summed E-state index contributed by atoms with van der Waals surface area (Å²) in [5.41, 5.74) is 1.82. The van der Waals surface area contributed by atoms with Crippen LogP contribution >= 0.6 is 0 Å². The van der Waals surface area contributed by atoms with Crippen molar-refractivity contribution in [2.75, 3.05) is 38.2 Å². The fraction of sp³-hybridized carbons (Fsp3) is 0.296. The third-order valence-corrected chi connectivity index (χ3v) is 6.58. The molecule has 0 unspecified atom stereocenters. The van der Waals surface area contributed by atoms with Crippen LogP contribution in [0.15, 0.2) is 84.0 Å². The van der Waals surface area contributed by atoms with Crippen molar-refractivity contribution in [2.45, 2.75) is 18.9 Å². The lowest BCUT2D eigenvalue weighted by Crippen LogP contribution is -2.41. The van der Waals surface area contributed by atoms with Gasteiger partial charge in [0.1, 0.15) is 11.6 Å². The minimum Gasteiger partial charge on any atom is -0.495 e. The summed E-state index contributed by atoms with van der Waals surface area (Å²) in [5.74, 6) is 1.73. The minimum absolute atomic E-state index is 0.0570. The second-order valence-electron chi connectivity index (χ2n) is 8.56. The Morgan fingerprint density at radius 3 is 2.53 bits per heavy atom. The molecule has 0 radical (unpaired) electrons. The predicted octanol–water partition coefficient (Wildman–Crippen LogP) is 4.28. The van der Waals surface area contributed by atoms with E-state index < -0.39 is 0 Å². The molecule has 0 spiro atoms. The van der Waals surface area contributed by atoms with Crippen molar-refractivity contribution >= 4 is 22.4 Å². The summed E-state index contributed by atoms with van der Waals surface area (Å²) in [7, 11) is 1.70. The number of benzene rings is 2. The molecule has 1 aliphatic heterocycles. The van der Waals surface area contributed by atoms with Crippen LogP contribution in [0.25, 0.3) is 10.9 Å². The quantitative estimate of drug-likeness (QED) is 0.415. The molecule has 7 nitrogen and oxygen atoms in total. The van der Waals surface area contributed by atoms with Gasteiger partial charge < -0.3 is 14.5 Å². The topological polar surface area (TPSA) is 63.5 Å². The molecule has 1 saturated heterocycles. The van der Waals surface area contributed by atoms with Crippen LogP contribution in [0.4, 0.5) is 11.5 Å². The number of anilines is 2. The van der Waals surface area contributed by atoms with Crippen LogP contribution in [0.2, 0.25) is 0 Å². The van der Waals surface area contributed by atoms with Gasteiger partial charge in [-0.15, -0.1) is 0 Å². The molecule has 1 fully saturated rings. The van der Waals surface area contributed by atoms with Crippen molar-refractivity contribution in [1.29, 1.82) is 0 Å². The summed E-state index contributed by atoms with van der Waals surface area (Å²) < 4.78 is 7.45. The second kappa shape index (κ2) is 10.1. The summed E-state index contributed by atoms with van der Waals surface area (Å²) in [5, 5.41) is 0.690. The van der Waals surface area contributed by atoms with Gasteiger partial charge in [-0.05, 0) is 49.2 Å². The molecule has 0 N–H and O–H groups in total. The summed E-state index contributed by atoms with van der Waals surface area (Å²) in [6.07, 6.45) is 5.39. The van der Waals surface area contributed by atoms with E-state index in [1.807, 2.05) is 71.4 Å². The van der Waals surface area contributed by atoms with Gasteiger partial charge in [0.05, 0.1) is 30.0 Å². The summed E-state index contributed by atoms with van der Waals surface area (Å²) in [6, 6.07) is 21.7. The number of likely N-dealkylation sites (tertiary alicyclic amines) is 1. The molecule has 0 saturated carbocycles. The Morgan fingerprint density at radius 2 is 1.74 bits per heavy atom. The smallest absolute Gasteiger partial charge is 0.261 e. The summed E-state index contributed by atoms with van der Waals surface area (Å²) >= 11 is 0. The molecule has 5 rings (SSSR count). The molecule has 3 heterocycles. The molecule has 0 bridgehead atoms. The molecule has 174 valence electrons. The molecule has 4 aromatic rings. The highest BCUT2D eigenvalue weighted by molar-refractivity contribution is 5.76. The minimum atomic E-state index is 0.0570. The van der Waals surface area contributed by atoms with Gasteiger partial charge in [0.15, 0.2) is 0 Å². The molecule has 0 atom stereocenters. The Bertz CT molecular complexity index is 1300. The third-order valence-electron chi connectivity index (χ3n) is 6.58. The van der Waals surface area contributed by atoms with E-state index in [9.17, 15) is 4.79 Å². The first-order valence-electron chi connectivity index (χ1n) is 11.7. The zero-order valence-electron chi connectivity index (χ0n) is 19.4. The van der Waals surface area contributed by atoms with Crippen LogP contribution in [0.5, 0.6) is 5.75 Å². The van der Waals surface area contributed by atoms with Crippen molar-refractivity contribution < 1.29 is 4.74 Å². The van der Waals surface area contributed by atoms with Crippen molar-refractivity contribution in [1.82, 2.24) is 19.4 Å². The normalized spacial score (nSPS) is 14.9. The summed E-state index contributed by atoms with van der Waals surface area (Å²) in [4.78, 5) is 26.7. The standard InChI is InChI=1S/C27H29N5O2/c1-34-25-11-5-4-10-24(25)31(26-12-6-7-15-28-26)19-18-30-16-13-21(14-17-30)32-20-29-23-9-3-2-8-22(23)27(32)33/h2-12,15,20-21H,13-14,16-19H2,1H3. The van der Waals surface area contributed by atoms with Gasteiger partial charge in [0, 0.05) is 38.4 Å². The van der Waals surface area contributed by atoms with E-state index in [1.165, 1.54) is 0 Å². The maximum Gasteiger partial charge on any atom is 0.261 e. The summed E-state index contributed by atoms with van der Waals surface area (Å²) in [6.45, 7) is 3.56. The number of methoxy groups -OCH3 is 1. The van der Waals surface area contributed by atoms with Crippen LogP contribution in [-0.2, 0) is 0 Å². The molecule has 2 aromatic heterocycles. The number of hydrogen-bond donors (Lipinski definition) is 0. The van der Waals surface area contributed by atoms with E-state index in [-0.39, 0.29) is 11.6 Å². The maximum atomic E-state index is 13.0. The molecule has 2 aromatic carbocycles. The van der Waals surface area contributed by atoms with E-state index >= 15 is 0 Å². The van der Waals surface area contributed by atoms with Gasteiger partial charge in [0.2, 0.25) is 0 Å². The zero-order valence-corrected chi connectivity index (χ0v) is 19.4. The number of piperidine rings is 1. The van der Waals surface area contributed by atoms with Gasteiger partial charge in [-0.1, -0.05) is 30.3 Å². The monoisotopic (exact) mass is 455 g/mol. The number of hydrogen-bond acceptors (Lipinski definition) is 6. The molecule has 0 amide bonds. The first kappa shape index (κ1) is 22.1. The Kier molecular flexibility index (Phi) is 6.53. The van der Waals surface area contributed by atoms with Gasteiger partial charge in [0.25, 0.3) is 5.56 Å². The maximum absolute atomic E-state index is 13.0. The number of rotatable bonds is 7. The first-order chi connectivity index (χ1) is 16.7. The van der Waals surface area contributed by atoms with E-state index in [4.69, 9.17) is 4.74 Å². The largest absolute Gasteiger partial charge is 0.495 e. The third kappa shape index (κ3) is 4.52. The molecular weight excluding hydrogens is 426 g/mol. The predicted molar refractivity (Wildman–Crippen MR) is 135 cm³/mol. The Morgan fingerprint density at radius 1 is 0.971 bits per heavy atom. The van der Waals surface area contributed by atoms with E-state index in [2.05, 4.69) is 25.8 Å². The molecule has 34 heavy (non-hydrogen) atoms. The highest BCUT2D eigenvalue weighted by Gasteiger charge is 2.23. The van der Waals surface area contributed by atoms with Crippen molar-refractivity contribution in [3.63, 3.8) is 0 Å². The highest BCUT2D eigenvalue weighted by Crippen LogP contribution is 2.32. The number of pyridine rings is 1. The van der Waals surface area contributed by atoms with Gasteiger partial charge in [-0.2, -0.15) is 0 Å². The van der Waals surface area contributed by atoms with Crippen LogP contribution < -0.4 is 15.2 Å². The SMILES string of the molecule is COc1ccccc1N(CCN1CCC(n2cnc3ccccc3c2=O)CC1)c1ccccn1. The average Bonchev–Trinajstić information content (AvgIpc) is 2.90. The Labute approximate surface area is 199 Å². The molecule has 7 heteroatoms. The first-order valence-corrected chi connectivity index (χ1v) is 11.7. The number of para-hydroxylation sites is 3. The lowest BCUT2D eigenvalue weighted by molar-refractivity contribution is 0.188. The Balaban J connectivity index is 1.27. The van der Waals surface area contributed by atoms with Crippen LogP contribution in [0.1, 0.15) is 18.9 Å². The van der Waals surface area contributed by atoms with E-state index in [0.29, 0.717) is 5.39 Å². The Hall–Kier alpha value is -3.71. The van der Waals surface area contributed by atoms with Crippen molar-refractivity contribution in [3.05, 3.63) is 89.6 Å². The highest BCUT2D eigenvalue weighted by atomic mass is 16.5. The number of aromatic nitrogens is 3. The van der Waals surface area contributed by atoms with Crippen molar-refractivity contribution in [2.24, 2.45) is 0 Å². The van der Waals surface area contributed by atoms with Gasteiger partial charge in [-0.3, -0.25) is 9.36 Å². The van der Waals surface area contributed by atoms with Gasteiger partial charge >= 0.3 is 0 Å². The number of nitrogens with zero attached hydrogens (tertiary/aromatic N) is 5. The van der Waals surface area contributed by atoms with Crippen LogP contribution in [0.3, 0.4) is 0 Å². The second-order valence-corrected chi connectivity index (χ2v) is 8.56. The number of ether oxygens (including phenoxy) is 1. The molecule has 1 aliphatic rings.